The number of carbonyl (C=O) groups is 1. The summed E-state index contributed by atoms with van der Waals surface area (Å²) in [5.41, 5.74) is 2.67. The van der Waals surface area contributed by atoms with Crippen molar-refractivity contribution in [3.8, 4) is 0 Å². The molecule has 1 amide bonds. The van der Waals surface area contributed by atoms with Crippen molar-refractivity contribution in [1.29, 1.82) is 0 Å². The Balaban J connectivity index is 2.20. The van der Waals surface area contributed by atoms with E-state index >= 15 is 0 Å². The predicted molar refractivity (Wildman–Crippen MR) is 83.3 cm³/mol. The number of hydrogen-bond donors (Lipinski definition) is 2. The van der Waals surface area contributed by atoms with Crippen LogP contribution in [0.1, 0.15) is 21.5 Å². The smallest absolute Gasteiger partial charge is 0.253 e. The standard InChI is InChI=1S/C16H16ClFN2O/c1-10-7-11(3-6-14(10)18)9-20-15-8-12(17)4-5-13(15)16(21)19-2/h3-8,20H,9H2,1-2H3,(H,19,21). The number of anilines is 1. The summed E-state index contributed by atoms with van der Waals surface area (Å²) in [5.74, 6) is -0.419. The van der Waals surface area contributed by atoms with Gasteiger partial charge in [-0.15, -0.1) is 0 Å². The van der Waals surface area contributed by atoms with Gasteiger partial charge in [0.2, 0.25) is 0 Å². The lowest BCUT2D eigenvalue weighted by molar-refractivity contribution is 0.0964. The molecule has 2 aromatic rings. The number of hydrogen-bond acceptors (Lipinski definition) is 2. The molecule has 5 heteroatoms. The van der Waals surface area contributed by atoms with E-state index in [1.807, 2.05) is 0 Å². The van der Waals surface area contributed by atoms with E-state index in [0.29, 0.717) is 28.4 Å². The van der Waals surface area contributed by atoms with Gasteiger partial charge in [-0.3, -0.25) is 4.79 Å². The monoisotopic (exact) mass is 306 g/mol. The summed E-state index contributed by atoms with van der Waals surface area (Å²) in [6.45, 7) is 2.19. The summed E-state index contributed by atoms with van der Waals surface area (Å²) in [6.07, 6.45) is 0. The molecule has 3 nitrogen and oxygen atoms in total. The van der Waals surface area contributed by atoms with Crippen LogP contribution in [-0.2, 0) is 6.54 Å². The molecule has 0 bridgehead atoms. The Bertz CT molecular complexity index is 673. The lowest BCUT2D eigenvalue weighted by Gasteiger charge is -2.12. The third-order valence-corrected chi connectivity index (χ3v) is 3.39. The molecule has 0 aliphatic heterocycles. The predicted octanol–water partition coefficient (Wildman–Crippen LogP) is 3.76. The third-order valence-electron chi connectivity index (χ3n) is 3.16. The maximum atomic E-state index is 13.2. The molecule has 2 aromatic carbocycles. The van der Waals surface area contributed by atoms with Gasteiger partial charge < -0.3 is 10.6 Å². The van der Waals surface area contributed by atoms with Crippen LogP contribution in [0.4, 0.5) is 10.1 Å². The second-order valence-corrected chi connectivity index (χ2v) is 5.14. The molecule has 0 spiro atoms. The summed E-state index contributed by atoms with van der Waals surface area (Å²) in [6, 6.07) is 9.94. The Labute approximate surface area is 128 Å². The van der Waals surface area contributed by atoms with Crippen LogP contribution in [-0.4, -0.2) is 13.0 Å². The fraction of sp³-hybridized carbons (Fsp3) is 0.188. The summed E-state index contributed by atoms with van der Waals surface area (Å²) in [7, 11) is 1.57. The Kier molecular flexibility index (Phi) is 4.81. The first-order chi connectivity index (χ1) is 10.0. The van der Waals surface area contributed by atoms with Gasteiger partial charge in [-0.25, -0.2) is 4.39 Å². The largest absolute Gasteiger partial charge is 0.380 e. The first kappa shape index (κ1) is 15.3. The molecule has 0 fully saturated rings. The van der Waals surface area contributed by atoms with E-state index in [9.17, 15) is 9.18 Å². The molecule has 0 unspecified atom stereocenters. The summed E-state index contributed by atoms with van der Waals surface area (Å²) >= 11 is 5.97. The highest BCUT2D eigenvalue weighted by molar-refractivity contribution is 6.31. The van der Waals surface area contributed by atoms with Crippen molar-refractivity contribution in [2.24, 2.45) is 0 Å². The Hall–Kier alpha value is -2.07. The van der Waals surface area contributed by atoms with Crippen LogP contribution in [0.3, 0.4) is 0 Å². The Morgan fingerprint density at radius 1 is 1.24 bits per heavy atom. The minimum absolute atomic E-state index is 0.190. The zero-order chi connectivity index (χ0) is 15.4. The number of carbonyl (C=O) groups excluding carboxylic acids is 1. The molecule has 0 aliphatic rings. The Morgan fingerprint density at radius 2 is 2.00 bits per heavy atom. The van der Waals surface area contributed by atoms with Crippen molar-refractivity contribution >= 4 is 23.2 Å². The first-order valence-electron chi connectivity index (χ1n) is 6.52. The van der Waals surface area contributed by atoms with Gasteiger partial charge in [0.25, 0.3) is 5.91 Å². The van der Waals surface area contributed by atoms with Gasteiger partial charge in [-0.2, -0.15) is 0 Å². The van der Waals surface area contributed by atoms with Crippen molar-refractivity contribution < 1.29 is 9.18 Å². The van der Waals surface area contributed by atoms with Crippen molar-refractivity contribution in [2.75, 3.05) is 12.4 Å². The number of halogens is 2. The normalized spacial score (nSPS) is 10.3. The fourth-order valence-corrected chi connectivity index (χ4v) is 2.18. The lowest BCUT2D eigenvalue weighted by atomic mass is 10.1. The van der Waals surface area contributed by atoms with E-state index in [2.05, 4.69) is 10.6 Å². The van der Waals surface area contributed by atoms with Crippen molar-refractivity contribution in [2.45, 2.75) is 13.5 Å². The molecular weight excluding hydrogens is 291 g/mol. The van der Waals surface area contributed by atoms with E-state index in [1.165, 1.54) is 6.07 Å². The molecule has 2 N–H and O–H groups in total. The lowest BCUT2D eigenvalue weighted by Crippen LogP contribution is -2.19. The maximum Gasteiger partial charge on any atom is 0.253 e. The second kappa shape index (κ2) is 6.59. The van der Waals surface area contributed by atoms with Gasteiger partial charge in [0.05, 0.1) is 5.56 Å². The van der Waals surface area contributed by atoms with Crippen LogP contribution in [0.2, 0.25) is 5.02 Å². The molecule has 0 radical (unpaired) electrons. The van der Waals surface area contributed by atoms with Crippen LogP contribution in [0.25, 0.3) is 0 Å². The summed E-state index contributed by atoms with van der Waals surface area (Å²) < 4.78 is 13.2. The van der Waals surface area contributed by atoms with Crippen LogP contribution in [0, 0.1) is 12.7 Å². The molecule has 0 saturated heterocycles. The van der Waals surface area contributed by atoms with Gasteiger partial charge in [0.15, 0.2) is 0 Å². The molecular formula is C16H16ClFN2O. The highest BCUT2D eigenvalue weighted by Gasteiger charge is 2.10. The van der Waals surface area contributed by atoms with Crippen LogP contribution in [0.5, 0.6) is 0 Å². The van der Waals surface area contributed by atoms with E-state index < -0.39 is 0 Å². The molecule has 0 heterocycles. The number of benzene rings is 2. The minimum atomic E-state index is -0.229. The molecule has 21 heavy (non-hydrogen) atoms. The topological polar surface area (TPSA) is 41.1 Å². The molecule has 0 aliphatic carbocycles. The highest BCUT2D eigenvalue weighted by Crippen LogP contribution is 2.22. The van der Waals surface area contributed by atoms with Crippen molar-refractivity contribution in [3.63, 3.8) is 0 Å². The zero-order valence-corrected chi connectivity index (χ0v) is 12.6. The van der Waals surface area contributed by atoms with E-state index in [-0.39, 0.29) is 11.7 Å². The van der Waals surface area contributed by atoms with E-state index in [4.69, 9.17) is 11.6 Å². The van der Waals surface area contributed by atoms with Gasteiger partial charge in [-0.1, -0.05) is 23.7 Å². The molecule has 0 aromatic heterocycles. The fourth-order valence-electron chi connectivity index (χ4n) is 2.01. The van der Waals surface area contributed by atoms with Crippen molar-refractivity contribution in [1.82, 2.24) is 5.32 Å². The third kappa shape index (κ3) is 3.73. The number of aryl methyl sites for hydroxylation is 1. The minimum Gasteiger partial charge on any atom is -0.380 e. The molecule has 110 valence electrons. The van der Waals surface area contributed by atoms with Crippen molar-refractivity contribution in [3.05, 3.63) is 63.9 Å². The maximum absolute atomic E-state index is 13.2. The average Bonchev–Trinajstić information content (AvgIpc) is 2.48. The molecule has 0 saturated carbocycles. The van der Waals surface area contributed by atoms with Gasteiger partial charge >= 0.3 is 0 Å². The summed E-state index contributed by atoms with van der Waals surface area (Å²) in [5, 5.41) is 6.29. The number of nitrogens with one attached hydrogen (secondary N) is 2. The molecule has 2 rings (SSSR count). The van der Waals surface area contributed by atoms with E-state index in [0.717, 1.165) is 5.56 Å². The number of rotatable bonds is 4. The zero-order valence-electron chi connectivity index (χ0n) is 11.8. The Morgan fingerprint density at radius 3 is 2.67 bits per heavy atom. The second-order valence-electron chi connectivity index (χ2n) is 4.71. The first-order valence-corrected chi connectivity index (χ1v) is 6.89. The highest BCUT2D eigenvalue weighted by atomic mass is 35.5. The average molecular weight is 307 g/mol. The van der Waals surface area contributed by atoms with Crippen LogP contribution in [0.15, 0.2) is 36.4 Å². The van der Waals surface area contributed by atoms with Gasteiger partial charge in [0.1, 0.15) is 5.82 Å². The van der Waals surface area contributed by atoms with Gasteiger partial charge in [-0.05, 0) is 42.3 Å². The molecule has 0 atom stereocenters. The van der Waals surface area contributed by atoms with Crippen LogP contribution < -0.4 is 10.6 Å². The SMILES string of the molecule is CNC(=O)c1ccc(Cl)cc1NCc1ccc(F)c(C)c1. The number of amides is 1. The quantitative estimate of drug-likeness (QED) is 0.903. The summed E-state index contributed by atoms with van der Waals surface area (Å²) in [4.78, 5) is 11.8. The van der Waals surface area contributed by atoms with Gasteiger partial charge in [0, 0.05) is 24.3 Å². The van der Waals surface area contributed by atoms with E-state index in [1.54, 1.807) is 44.3 Å². The van der Waals surface area contributed by atoms with Crippen LogP contribution >= 0.6 is 11.6 Å².